The van der Waals surface area contributed by atoms with Crippen molar-refractivity contribution in [2.45, 2.75) is 40.8 Å². The van der Waals surface area contributed by atoms with Gasteiger partial charge in [0.05, 0.1) is 11.4 Å². The second kappa shape index (κ2) is 9.40. The Kier molecular flexibility index (Phi) is 6.42. The van der Waals surface area contributed by atoms with Gasteiger partial charge in [0.2, 0.25) is 0 Å². The summed E-state index contributed by atoms with van der Waals surface area (Å²) in [6, 6.07) is 16.1. The van der Waals surface area contributed by atoms with Crippen LogP contribution in [-0.2, 0) is 13.2 Å². The number of nitrogens with zero attached hydrogens (tertiary/aromatic N) is 2. The molecule has 0 unspecified atom stereocenters. The van der Waals surface area contributed by atoms with Crippen LogP contribution < -0.4 is 10.1 Å². The van der Waals surface area contributed by atoms with Crippen LogP contribution in [0.1, 0.15) is 43.1 Å². The molecule has 0 atom stereocenters. The molecule has 1 amide bonds. The Morgan fingerprint density at radius 3 is 2.53 bits per heavy atom. The molecular formula is C26H27N3O2S. The lowest BCUT2D eigenvalue weighted by atomic mass is 10.1. The average Bonchev–Trinajstić information content (AvgIpc) is 3.38. The SMILES string of the molecule is Cc1cc(C)c(OCc2csc(C(=O)Nc3ccn(Cc4ccccc4C)n3)c2)c(C)c1. The van der Waals surface area contributed by atoms with Crippen molar-refractivity contribution >= 4 is 23.1 Å². The van der Waals surface area contributed by atoms with Gasteiger partial charge in [-0.25, -0.2) is 0 Å². The average molecular weight is 446 g/mol. The molecule has 0 aliphatic heterocycles. The zero-order valence-corrected chi connectivity index (χ0v) is 19.6. The van der Waals surface area contributed by atoms with E-state index in [-0.39, 0.29) is 5.91 Å². The highest BCUT2D eigenvalue weighted by Gasteiger charge is 2.13. The normalized spacial score (nSPS) is 10.9. The zero-order valence-electron chi connectivity index (χ0n) is 18.8. The molecule has 0 bridgehead atoms. The van der Waals surface area contributed by atoms with Crippen LogP contribution in [0.3, 0.4) is 0 Å². The first-order valence-corrected chi connectivity index (χ1v) is 11.4. The maximum absolute atomic E-state index is 12.7. The number of benzene rings is 2. The predicted molar refractivity (Wildman–Crippen MR) is 130 cm³/mol. The van der Waals surface area contributed by atoms with E-state index >= 15 is 0 Å². The molecule has 1 N–H and O–H groups in total. The minimum atomic E-state index is -0.162. The minimum Gasteiger partial charge on any atom is -0.488 e. The van der Waals surface area contributed by atoms with Crippen molar-refractivity contribution in [2.75, 3.05) is 5.32 Å². The third kappa shape index (κ3) is 5.08. The van der Waals surface area contributed by atoms with Crippen molar-refractivity contribution in [2.24, 2.45) is 0 Å². The summed E-state index contributed by atoms with van der Waals surface area (Å²) >= 11 is 1.41. The third-order valence-corrected chi connectivity index (χ3v) is 6.32. The molecule has 0 saturated carbocycles. The largest absolute Gasteiger partial charge is 0.488 e. The number of amides is 1. The first-order chi connectivity index (χ1) is 15.4. The number of anilines is 1. The van der Waals surface area contributed by atoms with Crippen molar-refractivity contribution in [3.05, 3.63) is 98.4 Å². The molecule has 4 aromatic rings. The van der Waals surface area contributed by atoms with Crippen LogP contribution >= 0.6 is 11.3 Å². The summed E-state index contributed by atoms with van der Waals surface area (Å²) in [6.07, 6.45) is 1.88. The fourth-order valence-electron chi connectivity index (χ4n) is 3.78. The number of thiophene rings is 1. The number of rotatable bonds is 7. The second-order valence-electron chi connectivity index (χ2n) is 8.11. The smallest absolute Gasteiger partial charge is 0.266 e. The number of hydrogen-bond donors (Lipinski definition) is 1. The number of ether oxygens (including phenoxy) is 1. The van der Waals surface area contributed by atoms with E-state index < -0.39 is 0 Å². The molecule has 2 heterocycles. The number of nitrogens with one attached hydrogen (secondary N) is 1. The molecule has 0 radical (unpaired) electrons. The van der Waals surface area contributed by atoms with E-state index in [1.165, 1.54) is 28.0 Å². The van der Waals surface area contributed by atoms with Gasteiger partial charge in [0.15, 0.2) is 5.82 Å². The van der Waals surface area contributed by atoms with Gasteiger partial charge in [-0.05, 0) is 61.4 Å². The first-order valence-electron chi connectivity index (χ1n) is 10.6. The van der Waals surface area contributed by atoms with Crippen molar-refractivity contribution in [1.29, 1.82) is 0 Å². The quantitative estimate of drug-likeness (QED) is 0.376. The van der Waals surface area contributed by atoms with Crippen molar-refractivity contribution in [3.63, 3.8) is 0 Å². The van der Waals surface area contributed by atoms with Gasteiger partial charge in [-0.1, -0.05) is 42.0 Å². The molecule has 0 saturated heterocycles. The van der Waals surface area contributed by atoms with Crippen molar-refractivity contribution in [3.8, 4) is 5.75 Å². The standard InChI is InChI=1S/C26H27N3O2S/c1-17-11-19(3)25(20(4)12-17)31-15-21-13-23(32-16-21)26(30)27-24-9-10-29(28-24)14-22-8-6-5-7-18(22)2/h5-13,16H,14-15H2,1-4H3,(H,27,28,30). The molecule has 0 spiro atoms. The molecule has 4 rings (SSSR count). The van der Waals surface area contributed by atoms with E-state index in [0.29, 0.717) is 23.8 Å². The van der Waals surface area contributed by atoms with Crippen LogP contribution in [0.2, 0.25) is 0 Å². The summed E-state index contributed by atoms with van der Waals surface area (Å²) in [5, 5.41) is 9.34. The Morgan fingerprint density at radius 1 is 1.03 bits per heavy atom. The molecule has 0 fully saturated rings. The molecule has 2 aromatic heterocycles. The summed E-state index contributed by atoms with van der Waals surface area (Å²) in [4.78, 5) is 13.3. The minimum absolute atomic E-state index is 0.162. The van der Waals surface area contributed by atoms with E-state index in [9.17, 15) is 4.79 Å². The van der Waals surface area contributed by atoms with Gasteiger partial charge in [-0.2, -0.15) is 5.10 Å². The number of carbonyl (C=O) groups excluding carboxylic acids is 1. The van der Waals surface area contributed by atoms with Crippen molar-refractivity contribution < 1.29 is 9.53 Å². The first kappa shape index (κ1) is 21.8. The highest BCUT2D eigenvalue weighted by molar-refractivity contribution is 7.12. The van der Waals surface area contributed by atoms with Gasteiger partial charge in [0.1, 0.15) is 12.4 Å². The summed E-state index contributed by atoms with van der Waals surface area (Å²) in [5.41, 5.74) is 6.87. The lowest BCUT2D eigenvalue weighted by Gasteiger charge is -2.12. The monoisotopic (exact) mass is 445 g/mol. The highest BCUT2D eigenvalue weighted by atomic mass is 32.1. The van der Waals surface area contributed by atoms with Gasteiger partial charge >= 0.3 is 0 Å². The number of hydrogen-bond acceptors (Lipinski definition) is 4. The lowest BCUT2D eigenvalue weighted by Crippen LogP contribution is -2.11. The van der Waals surface area contributed by atoms with E-state index in [1.807, 2.05) is 40.5 Å². The lowest BCUT2D eigenvalue weighted by molar-refractivity contribution is 0.103. The van der Waals surface area contributed by atoms with Gasteiger partial charge < -0.3 is 10.1 Å². The Hall–Kier alpha value is -3.38. The van der Waals surface area contributed by atoms with Crippen molar-refractivity contribution in [1.82, 2.24) is 9.78 Å². The predicted octanol–water partition coefficient (Wildman–Crippen LogP) is 6.06. The van der Waals surface area contributed by atoms with E-state index in [0.717, 1.165) is 22.4 Å². The van der Waals surface area contributed by atoms with Gasteiger partial charge in [0.25, 0.3) is 5.91 Å². The van der Waals surface area contributed by atoms with Crippen LogP contribution in [0.4, 0.5) is 5.82 Å². The maximum atomic E-state index is 12.7. The maximum Gasteiger partial charge on any atom is 0.266 e. The Bertz CT molecular complexity index is 1230. The molecule has 0 aliphatic rings. The van der Waals surface area contributed by atoms with Crippen LogP contribution in [0.15, 0.2) is 60.1 Å². The summed E-state index contributed by atoms with van der Waals surface area (Å²) < 4.78 is 7.88. The van der Waals surface area contributed by atoms with Crippen LogP contribution in [0.25, 0.3) is 0 Å². The highest BCUT2D eigenvalue weighted by Crippen LogP contribution is 2.26. The van der Waals surface area contributed by atoms with E-state index in [2.05, 4.69) is 62.4 Å². The fraction of sp³-hybridized carbons (Fsp3) is 0.231. The molecule has 0 aliphatic carbocycles. The summed E-state index contributed by atoms with van der Waals surface area (Å²) in [5.74, 6) is 1.29. The van der Waals surface area contributed by atoms with Gasteiger partial charge in [-0.3, -0.25) is 9.48 Å². The molecule has 5 nitrogen and oxygen atoms in total. The van der Waals surface area contributed by atoms with Crippen LogP contribution in [0.5, 0.6) is 5.75 Å². The third-order valence-electron chi connectivity index (χ3n) is 5.34. The zero-order chi connectivity index (χ0) is 22.7. The van der Waals surface area contributed by atoms with Gasteiger partial charge in [0, 0.05) is 17.8 Å². The topological polar surface area (TPSA) is 56.1 Å². The second-order valence-corrected chi connectivity index (χ2v) is 9.03. The molecule has 32 heavy (non-hydrogen) atoms. The molecule has 6 heteroatoms. The van der Waals surface area contributed by atoms with E-state index in [1.54, 1.807) is 0 Å². The summed E-state index contributed by atoms with van der Waals surface area (Å²) in [7, 11) is 0. The Balaban J connectivity index is 1.36. The van der Waals surface area contributed by atoms with Gasteiger partial charge in [-0.15, -0.1) is 11.3 Å². The molecule has 2 aromatic carbocycles. The number of aryl methyl sites for hydroxylation is 4. The Morgan fingerprint density at radius 2 is 1.78 bits per heavy atom. The number of carbonyl (C=O) groups is 1. The molecular weight excluding hydrogens is 418 g/mol. The summed E-state index contributed by atoms with van der Waals surface area (Å²) in [6.45, 7) is 9.38. The van der Waals surface area contributed by atoms with E-state index in [4.69, 9.17) is 4.74 Å². The number of aromatic nitrogens is 2. The Labute approximate surface area is 192 Å². The fourth-order valence-corrected chi connectivity index (χ4v) is 4.57. The van der Waals surface area contributed by atoms with Crippen LogP contribution in [-0.4, -0.2) is 15.7 Å². The van der Waals surface area contributed by atoms with Crippen LogP contribution in [0, 0.1) is 27.7 Å². The molecule has 164 valence electrons.